The fourth-order valence-corrected chi connectivity index (χ4v) is 11.3. The van der Waals surface area contributed by atoms with Gasteiger partial charge in [0, 0.05) is 6.42 Å². The Kier molecular flexibility index (Phi) is 54.1. The van der Waals surface area contributed by atoms with Gasteiger partial charge < -0.3 is 65.1 Å². The molecule has 0 radical (unpaired) electrons. The van der Waals surface area contributed by atoms with Gasteiger partial charge in [-0.05, 0) is 83.5 Å². The molecule has 12 atom stereocenters. The second kappa shape index (κ2) is 58.7. The molecule has 14 heteroatoms. The van der Waals surface area contributed by atoms with Gasteiger partial charge >= 0.3 is 0 Å². The van der Waals surface area contributed by atoms with E-state index in [4.69, 9.17) is 18.9 Å². The van der Waals surface area contributed by atoms with E-state index < -0.39 is 86.8 Å². The van der Waals surface area contributed by atoms with Gasteiger partial charge in [-0.2, -0.15) is 0 Å². The molecule has 2 heterocycles. The molecule has 9 N–H and O–H groups in total. The number of hydrogen-bond acceptors (Lipinski definition) is 13. The molecule has 12 unspecified atom stereocenters. The molecule has 2 fully saturated rings. The molecule has 0 aliphatic carbocycles. The smallest absolute Gasteiger partial charge is 0.220 e. The van der Waals surface area contributed by atoms with Crippen LogP contribution in [0.3, 0.4) is 0 Å². The van der Waals surface area contributed by atoms with Gasteiger partial charge in [0.1, 0.15) is 48.8 Å². The quantitative estimate of drug-likeness (QED) is 0.0204. The summed E-state index contributed by atoms with van der Waals surface area (Å²) in [4.78, 5) is 13.3. The number of rotatable bonds is 58. The van der Waals surface area contributed by atoms with E-state index in [9.17, 15) is 45.6 Å². The number of amides is 1. The topological polar surface area (TPSA) is 228 Å². The number of aliphatic hydroxyl groups is 8. The fraction of sp³-hybridized carbons (Fsp3) is 0.773. The number of allylic oxidation sites excluding steroid dienone is 15. The summed E-state index contributed by atoms with van der Waals surface area (Å²) in [5.74, 6) is -0.259. The van der Waals surface area contributed by atoms with Gasteiger partial charge in [-0.1, -0.05) is 284 Å². The highest BCUT2D eigenvalue weighted by Crippen LogP contribution is 2.30. The van der Waals surface area contributed by atoms with Crippen molar-refractivity contribution in [3.8, 4) is 0 Å². The Morgan fingerprint density at radius 2 is 0.787 bits per heavy atom. The molecule has 14 nitrogen and oxygen atoms in total. The zero-order valence-corrected chi connectivity index (χ0v) is 55.9. The third kappa shape index (κ3) is 42.7. The minimum atomic E-state index is -1.80. The molecule has 0 bridgehead atoms. The average molecular weight is 1250 g/mol. The van der Waals surface area contributed by atoms with Crippen LogP contribution in [0.15, 0.2) is 97.2 Å². The highest BCUT2D eigenvalue weighted by Gasteiger charge is 2.51. The SMILES string of the molecule is CC/C=C\C/C=C\C/C=C\C/C=C\C/C=C\C/C=C\CCCCCCCCCCC(=O)NC(COC1OC(CO)C(OC2OC(CO)C(O)C(O)C2O)C(O)C1O)C(O)/C=C/CC/C=C/CCCCCCCCCCCCCCCCCCCCCCCC. The molecule has 514 valence electrons. The lowest BCUT2D eigenvalue weighted by atomic mass is 9.97. The van der Waals surface area contributed by atoms with Crippen LogP contribution in [0.1, 0.15) is 277 Å². The first-order valence-corrected chi connectivity index (χ1v) is 36.0. The van der Waals surface area contributed by atoms with Crippen LogP contribution in [0.5, 0.6) is 0 Å². The third-order valence-electron chi connectivity index (χ3n) is 17.0. The van der Waals surface area contributed by atoms with Crippen LogP contribution in [0.25, 0.3) is 0 Å². The Morgan fingerprint density at radius 3 is 1.24 bits per heavy atom. The molecule has 0 saturated carbocycles. The van der Waals surface area contributed by atoms with Crippen molar-refractivity contribution in [1.29, 1.82) is 0 Å². The Morgan fingerprint density at radius 1 is 0.416 bits per heavy atom. The van der Waals surface area contributed by atoms with E-state index in [0.717, 1.165) is 83.5 Å². The number of nitrogens with one attached hydrogen (secondary N) is 1. The second-order valence-electron chi connectivity index (χ2n) is 25.0. The fourth-order valence-electron chi connectivity index (χ4n) is 11.3. The molecule has 0 aromatic carbocycles. The lowest BCUT2D eigenvalue weighted by molar-refractivity contribution is -0.359. The van der Waals surface area contributed by atoms with E-state index >= 15 is 0 Å². The average Bonchev–Trinajstić information content (AvgIpc) is 2.75. The highest BCUT2D eigenvalue weighted by atomic mass is 16.7. The summed E-state index contributed by atoms with van der Waals surface area (Å²) in [5.41, 5.74) is 0. The second-order valence-corrected chi connectivity index (χ2v) is 25.0. The minimum Gasteiger partial charge on any atom is -0.394 e. The summed E-state index contributed by atoms with van der Waals surface area (Å²) in [6.45, 7) is 2.69. The van der Waals surface area contributed by atoms with E-state index in [1.54, 1.807) is 6.08 Å². The van der Waals surface area contributed by atoms with E-state index in [0.29, 0.717) is 12.8 Å². The summed E-state index contributed by atoms with van der Waals surface area (Å²) >= 11 is 0. The molecule has 2 rings (SSSR count). The first kappa shape index (κ1) is 82.0. The Balaban J connectivity index is 1.70. The highest BCUT2D eigenvalue weighted by molar-refractivity contribution is 5.76. The van der Waals surface area contributed by atoms with Gasteiger partial charge in [-0.15, -0.1) is 0 Å². The summed E-state index contributed by atoms with van der Waals surface area (Å²) in [6.07, 6.45) is 66.0. The van der Waals surface area contributed by atoms with Crippen LogP contribution in [-0.2, 0) is 23.7 Å². The lowest BCUT2D eigenvalue weighted by Gasteiger charge is -2.46. The molecular formula is C75H131NO13. The standard InChI is InChI=1S/C75H131NO13/c1-3-5-7-9-11-13-15-17-19-21-23-25-27-29-31-33-34-36-38-40-42-44-46-48-50-52-54-56-58-64(79)63(62-86-74-72(85)70(83)73(66(61-78)88-74)89-75-71(84)69(82)68(81)65(60-77)87-75)76-67(80)59-57-55-53-51-49-47-45-43-41-39-37-35-32-30-28-26-24-22-20-18-16-14-12-10-8-6-4-2/h6,8,12,14,18,20,24,26,30,32,37,39,48,50,56,58,63-66,68-75,77-79,81-85H,3-5,7,9-11,13,15-17,19,21-23,25,27-29,31,33-36,38,40-47,49,51-55,57,59-62H2,1-2H3,(H,76,80)/b8-6-,14-12-,20-18-,26-24-,32-30-,39-37-,50-48+,58-56+. The van der Waals surface area contributed by atoms with E-state index in [1.165, 1.54) is 161 Å². The number of hydrogen-bond donors (Lipinski definition) is 9. The van der Waals surface area contributed by atoms with Gasteiger partial charge in [0.2, 0.25) is 5.91 Å². The van der Waals surface area contributed by atoms with E-state index in [-0.39, 0.29) is 18.9 Å². The maximum absolute atomic E-state index is 13.3. The Hall–Kier alpha value is -3.09. The van der Waals surface area contributed by atoms with Crippen molar-refractivity contribution in [3.63, 3.8) is 0 Å². The first-order valence-electron chi connectivity index (χ1n) is 36.0. The normalized spacial score (nSPS) is 23.6. The van der Waals surface area contributed by atoms with Crippen LogP contribution in [0, 0.1) is 0 Å². The summed E-state index contributed by atoms with van der Waals surface area (Å²) < 4.78 is 22.8. The predicted molar refractivity (Wildman–Crippen MR) is 364 cm³/mol. The monoisotopic (exact) mass is 1250 g/mol. The molecule has 2 saturated heterocycles. The number of carbonyl (C=O) groups excluding carboxylic acids is 1. The van der Waals surface area contributed by atoms with Crippen molar-refractivity contribution >= 4 is 5.91 Å². The van der Waals surface area contributed by atoms with E-state index in [1.807, 2.05) is 6.08 Å². The van der Waals surface area contributed by atoms with Crippen LogP contribution in [0.2, 0.25) is 0 Å². The van der Waals surface area contributed by atoms with Crippen LogP contribution in [-0.4, -0.2) is 140 Å². The molecule has 0 aromatic rings. The third-order valence-corrected chi connectivity index (χ3v) is 17.0. The van der Waals surface area contributed by atoms with Crippen molar-refractivity contribution in [2.24, 2.45) is 0 Å². The zero-order chi connectivity index (χ0) is 64.5. The summed E-state index contributed by atoms with van der Waals surface area (Å²) in [5, 5.41) is 87.5. The number of aliphatic hydroxyl groups excluding tert-OH is 8. The molecule has 89 heavy (non-hydrogen) atoms. The molecule has 2 aliphatic heterocycles. The lowest BCUT2D eigenvalue weighted by Crippen LogP contribution is -2.65. The molecule has 1 amide bonds. The number of unbranched alkanes of at least 4 members (excludes halogenated alkanes) is 31. The molecule has 0 spiro atoms. The van der Waals surface area contributed by atoms with Gasteiger partial charge in [0.15, 0.2) is 12.6 Å². The van der Waals surface area contributed by atoms with Crippen molar-refractivity contribution in [2.75, 3.05) is 19.8 Å². The maximum atomic E-state index is 13.3. The molecular weight excluding hydrogens is 1120 g/mol. The maximum Gasteiger partial charge on any atom is 0.220 e. The minimum absolute atomic E-state index is 0.258. The Labute approximate surface area is 541 Å². The predicted octanol–water partition coefficient (Wildman–Crippen LogP) is 15.0. The van der Waals surface area contributed by atoms with Crippen LogP contribution >= 0.6 is 0 Å². The van der Waals surface area contributed by atoms with Gasteiger partial charge in [-0.25, -0.2) is 0 Å². The van der Waals surface area contributed by atoms with Crippen LogP contribution < -0.4 is 5.32 Å². The van der Waals surface area contributed by atoms with Crippen molar-refractivity contribution < 1.29 is 64.6 Å². The first-order chi connectivity index (χ1) is 43.6. The number of carbonyl (C=O) groups is 1. The van der Waals surface area contributed by atoms with Gasteiger partial charge in [-0.3, -0.25) is 4.79 Å². The van der Waals surface area contributed by atoms with Crippen LogP contribution in [0.4, 0.5) is 0 Å². The number of ether oxygens (including phenoxy) is 4. The van der Waals surface area contributed by atoms with Crippen molar-refractivity contribution in [2.45, 2.75) is 351 Å². The largest absolute Gasteiger partial charge is 0.394 e. The van der Waals surface area contributed by atoms with Crippen molar-refractivity contribution in [1.82, 2.24) is 5.32 Å². The summed E-state index contributed by atoms with van der Waals surface area (Å²) in [6, 6.07) is -0.945. The zero-order valence-electron chi connectivity index (χ0n) is 55.9. The molecule has 2 aliphatic rings. The summed E-state index contributed by atoms with van der Waals surface area (Å²) in [7, 11) is 0. The van der Waals surface area contributed by atoms with Crippen molar-refractivity contribution in [3.05, 3.63) is 97.2 Å². The Bertz CT molecular complexity index is 1860. The van der Waals surface area contributed by atoms with Gasteiger partial charge in [0.25, 0.3) is 0 Å². The van der Waals surface area contributed by atoms with E-state index in [2.05, 4.69) is 104 Å². The van der Waals surface area contributed by atoms with Gasteiger partial charge in [0.05, 0.1) is 32.0 Å². The molecule has 0 aromatic heterocycles.